The van der Waals surface area contributed by atoms with E-state index in [1.807, 2.05) is 0 Å². The number of rotatable bonds is 4. The second-order valence-corrected chi connectivity index (χ2v) is 3.54. The Morgan fingerprint density at radius 3 is 2.59 bits per heavy atom. The molecule has 0 aliphatic rings. The van der Waals surface area contributed by atoms with Gasteiger partial charge in [0, 0.05) is 12.1 Å². The van der Waals surface area contributed by atoms with Gasteiger partial charge in [0.1, 0.15) is 11.5 Å². The molecule has 0 saturated heterocycles. The van der Waals surface area contributed by atoms with Crippen molar-refractivity contribution in [1.82, 2.24) is 9.97 Å². The van der Waals surface area contributed by atoms with E-state index >= 15 is 0 Å². The molecule has 1 rings (SSSR count). The van der Waals surface area contributed by atoms with Gasteiger partial charge < -0.3 is 5.11 Å². The molecule has 4 nitrogen and oxygen atoms in total. The summed E-state index contributed by atoms with van der Waals surface area (Å²) in [7, 11) is 0. The molecular weight excluding hydrogens is 237 g/mol. The first-order valence-electron chi connectivity index (χ1n) is 4.92. The lowest BCUT2D eigenvalue weighted by Crippen LogP contribution is -2.11. The molecule has 94 valence electrons. The van der Waals surface area contributed by atoms with Gasteiger partial charge in [0.05, 0.1) is 0 Å². The molecule has 0 bridgehead atoms. The van der Waals surface area contributed by atoms with Crippen LogP contribution in [0.5, 0.6) is 0 Å². The van der Waals surface area contributed by atoms with Crippen molar-refractivity contribution in [3.8, 4) is 0 Å². The number of alkyl halides is 3. The zero-order valence-electron chi connectivity index (χ0n) is 9.08. The fourth-order valence-corrected chi connectivity index (χ4v) is 1.32. The normalized spacial score (nSPS) is 11.5. The maximum absolute atomic E-state index is 12.4. The second-order valence-electron chi connectivity index (χ2n) is 3.54. The van der Waals surface area contributed by atoms with Crippen molar-refractivity contribution in [1.29, 1.82) is 0 Å². The highest BCUT2D eigenvalue weighted by atomic mass is 19.4. The first-order valence-corrected chi connectivity index (χ1v) is 4.92. The number of aromatic nitrogens is 2. The largest absolute Gasteiger partial charge is 0.481 e. The van der Waals surface area contributed by atoms with Crippen molar-refractivity contribution in [3.63, 3.8) is 0 Å². The van der Waals surface area contributed by atoms with E-state index in [2.05, 4.69) is 9.97 Å². The van der Waals surface area contributed by atoms with Gasteiger partial charge in [0.2, 0.25) is 0 Å². The summed E-state index contributed by atoms with van der Waals surface area (Å²) in [6.07, 6.45) is -4.15. The third-order valence-corrected chi connectivity index (χ3v) is 2.00. The molecule has 0 radical (unpaired) electrons. The van der Waals surface area contributed by atoms with Crippen molar-refractivity contribution in [3.05, 3.63) is 23.3 Å². The molecule has 1 heterocycles. The highest BCUT2D eigenvalue weighted by molar-refractivity contribution is 5.66. The van der Waals surface area contributed by atoms with Crippen LogP contribution >= 0.6 is 0 Å². The van der Waals surface area contributed by atoms with Crippen molar-refractivity contribution in [2.24, 2.45) is 0 Å². The molecule has 0 aliphatic carbocycles. The molecule has 0 aliphatic heterocycles. The number of halogens is 3. The highest BCUT2D eigenvalue weighted by Crippen LogP contribution is 2.28. The maximum Gasteiger partial charge on any atom is 0.433 e. The first-order chi connectivity index (χ1) is 7.79. The molecule has 1 aromatic heterocycles. The van der Waals surface area contributed by atoms with Gasteiger partial charge in [-0.15, -0.1) is 0 Å². The average molecular weight is 248 g/mol. The van der Waals surface area contributed by atoms with E-state index in [0.717, 1.165) is 6.07 Å². The molecule has 0 fully saturated rings. The van der Waals surface area contributed by atoms with Gasteiger partial charge in [-0.3, -0.25) is 4.79 Å². The third kappa shape index (κ3) is 4.38. The molecule has 0 saturated carbocycles. The molecule has 0 unspecified atom stereocenters. The fourth-order valence-electron chi connectivity index (χ4n) is 1.32. The minimum absolute atomic E-state index is 0.0325. The van der Waals surface area contributed by atoms with Crippen LogP contribution in [0.2, 0.25) is 0 Å². The van der Waals surface area contributed by atoms with E-state index in [4.69, 9.17) is 5.11 Å². The minimum atomic E-state index is -4.50. The predicted octanol–water partition coefficient (Wildman–Crippen LogP) is 2.21. The first kappa shape index (κ1) is 13.4. The Kier molecular flexibility index (Phi) is 4.03. The minimum Gasteiger partial charge on any atom is -0.481 e. The Balaban J connectivity index is 2.79. The van der Waals surface area contributed by atoms with Crippen molar-refractivity contribution < 1.29 is 23.1 Å². The maximum atomic E-state index is 12.4. The van der Waals surface area contributed by atoms with Crippen LogP contribution in [0.15, 0.2) is 6.07 Å². The molecule has 0 atom stereocenters. The Hall–Kier alpha value is -1.66. The Labute approximate surface area is 95.5 Å². The zero-order chi connectivity index (χ0) is 13.1. The highest BCUT2D eigenvalue weighted by Gasteiger charge is 2.33. The topological polar surface area (TPSA) is 63.1 Å². The molecule has 7 heteroatoms. The standard InChI is InChI=1S/C10H11F3N2O2/c1-6-14-7(3-2-4-9(16)17)5-8(15-6)10(11,12)13/h5H,2-4H2,1H3,(H,16,17). The predicted molar refractivity (Wildman–Crippen MR) is 52.3 cm³/mol. The second kappa shape index (κ2) is 5.11. The van der Waals surface area contributed by atoms with Gasteiger partial charge in [-0.1, -0.05) is 0 Å². The number of hydrogen-bond donors (Lipinski definition) is 1. The lowest BCUT2D eigenvalue weighted by Gasteiger charge is -2.08. The summed E-state index contributed by atoms with van der Waals surface area (Å²) >= 11 is 0. The van der Waals surface area contributed by atoms with Crippen LogP contribution in [0.1, 0.15) is 30.1 Å². The molecule has 0 amide bonds. The quantitative estimate of drug-likeness (QED) is 0.887. The van der Waals surface area contributed by atoms with E-state index in [1.54, 1.807) is 0 Å². The van der Waals surface area contributed by atoms with E-state index in [-0.39, 0.29) is 30.8 Å². The van der Waals surface area contributed by atoms with Gasteiger partial charge >= 0.3 is 12.1 Å². The summed E-state index contributed by atoms with van der Waals surface area (Å²) in [6, 6.07) is 0.856. The average Bonchev–Trinajstić information content (AvgIpc) is 2.14. The number of carbonyl (C=O) groups is 1. The van der Waals surface area contributed by atoms with Gasteiger partial charge in [0.25, 0.3) is 0 Å². The molecule has 0 aromatic carbocycles. The van der Waals surface area contributed by atoms with Crippen LogP contribution in [0.3, 0.4) is 0 Å². The van der Waals surface area contributed by atoms with Gasteiger partial charge in [0.15, 0.2) is 0 Å². The smallest absolute Gasteiger partial charge is 0.433 e. The fraction of sp³-hybridized carbons (Fsp3) is 0.500. The van der Waals surface area contributed by atoms with Crippen LogP contribution in [0.4, 0.5) is 13.2 Å². The Bertz CT molecular complexity index is 419. The van der Waals surface area contributed by atoms with E-state index < -0.39 is 17.8 Å². The zero-order valence-corrected chi connectivity index (χ0v) is 9.08. The number of carboxylic acid groups (broad SMARTS) is 1. The van der Waals surface area contributed by atoms with Crippen LogP contribution in [0, 0.1) is 6.92 Å². The molecule has 0 spiro atoms. The lowest BCUT2D eigenvalue weighted by molar-refractivity contribution is -0.141. The van der Waals surface area contributed by atoms with Gasteiger partial charge in [-0.2, -0.15) is 13.2 Å². The summed E-state index contributed by atoms with van der Waals surface area (Å²) in [5.74, 6) is -0.947. The number of nitrogens with zero attached hydrogens (tertiary/aromatic N) is 2. The number of hydrogen-bond acceptors (Lipinski definition) is 3. The van der Waals surface area contributed by atoms with Gasteiger partial charge in [-0.25, -0.2) is 9.97 Å². The number of aryl methyl sites for hydroxylation is 2. The lowest BCUT2D eigenvalue weighted by atomic mass is 10.1. The Morgan fingerprint density at radius 1 is 1.41 bits per heavy atom. The third-order valence-electron chi connectivity index (χ3n) is 2.00. The van der Waals surface area contributed by atoms with Crippen LogP contribution in [-0.4, -0.2) is 21.0 Å². The molecular formula is C10H11F3N2O2. The molecule has 17 heavy (non-hydrogen) atoms. The molecule has 1 N–H and O–H groups in total. The summed E-state index contributed by atoms with van der Waals surface area (Å²) in [4.78, 5) is 17.4. The van der Waals surface area contributed by atoms with E-state index in [9.17, 15) is 18.0 Å². The number of carboxylic acids is 1. The summed E-state index contributed by atoms with van der Waals surface area (Å²) in [6.45, 7) is 1.37. The van der Waals surface area contributed by atoms with Crippen molar-refractivity contribution in [2.45, 2.75) is 32.4 Å². The van der Waals surface area contributed by atoms with Crippen LogP contribution < -0.4 is 0 Å². The summed E-state index contributed by atoms with van der Waals surface area (Å²) in [5, 5.41) is 8.42. The van der Waals surface area contributed by atoms with Crippen molar-refractivity contribution in [2.75, 3.05) is 0 Å². The monoisotopic (exact) mass is 248 g/mol. The Morgan fingerprint density at radius 2 is 2.06 bits per heavy atom. The van der Waals surface area contributed by atoms with Crippen LogP contribution in [0.25, 0.3) is 0 Å². The SMILES string of the molecule is Cc1nc(CCCC(=O)O)cc(C(F)(F)F)n1. The van der Waals surface area contributed by atoms with Crippen LogP contribution in [-0.2, 0) is 17.4 Å². The van der Waals surface area contributed by atoms with E-state index in [1.165, 1.54) is 6.92 Å². The van der Waals surface area contributed by atoms with Gasteiger partial charge in [-0.05, 0) is 25.8 Å². The van der Waals surface area contributed by atoms with E-state index in [0.29, 0.717) is 0 Å². The number of aliphatic carboxylic acids is 1. The van der Waals surface area contributed by atoms with Crippen molar-refractivity contribution >= 4 is 5.97 Å². The summed E-state index contributed by atoms with van der Waals surface area (Å²) in [5.41, 5.74) is -0.776. The molecule has 1 aromatic rings. The summed E-state index contributed by atoms with van der Waals surface area (Å²) < 4.78 is 37.2.